The van der Waals surface area contributed by atoms with E-state index in [2.05, 4.69) is 9.71 Å². The van der Waals surface area contributed by atoms with Crippen molar-refractivity contribution >= 4 is 45.0 Å². The average Bonchev–Trinajstić information content (AvgIpc) is 3.27. The number of hydrogen-bond donors (Lipinski definition) is 1. The lowest BCUT2D eigenvalue weighted by atomic mass is 10.1. The number of aryl methyl sites for hydroxylation is 2. The lowest BCUT2D eigenvalue weighted by Gasteiger charge is -2.08. The highest BCUT2D eigenvalue weighted by molar-refractivity contribution is 7.99. The van der Waals surface area contributed by atoms with Crippen LogP contribution in [0.2, 0.25) is 0 Å². The average molecular weight is 535 g/mol. The summed E-state index contributed by atoms with van der Waals surface area (Å²) in [4.78, 5) is 28.5. The van der Waals surface area contributed by atoms with Crippen LogP contribution in [0, 0.1) is 17.0 Å². The number of imidazole rings is 1. The smallest absolute Gasteiger partial charge is 0.283 e. The van der Waals surface area contributed by atoms with Gasteiger partial charge >= 0.3 is 0 Å². The second kappa shape index (κ2) is 10.8. The minimum Gasteiger partial charge on any atom is -0.329 e. The molecular weight excluding hydrogens is 512 g/mol. The van der Waals surface area contributed by atoms with Gasteiger partial charge in [0.05, 0.1) is 14.7 Å². The third-order valence-electron chi connectivity index (χ3n) is 5.34. The predicted octanol–water partition coefficient (Wildman–Crippen LogP) is 5.48. The summed E-state index contributed by atoms with van der Waals surface area (Å²) in [7, 11) is -1.95. The summed E-state index contributed by atoms with van der Waals surface area (Å²) in [6.07, 6.45) is 6.18. The first-order valence-electron chi connectivity index (χ1n) is 11.0. The minimum absolute atomic E-state index is 0.0900. The molecule has 0 aliphatic rings. The number of anilines is 1. The normalized spacial score (nSPS) is 11.5. The Bertz CT molecular complexity index is 1590. The Morgan fingerprint density at radius 1 is 1.08 bits per heavy atom. The van der Waals surface area contributed by atoms with Crippen LogP contribution in [0.15, 0.2) is 100 Å². The maximum Gasteiger partial charge on any atom is 0.283 e. The van der Waals surface area contributed by atoms with Gasteiger partial charge in [0.2, 0.25) is 0 Å². The number of nitro benzene ring substituents is 1. The third-order valence-corrected chi connectivity index (χ3v) is 7.88. The van der Waals surface area contributed by atoms with Gasteiger partial charge in [0, 0.05) is 36.8 Å². The zero-order valence-electron chi connectivity index (χ0n) is 19.9. The number of allylic oxidation sites excluding steroid dienone is 1. The van der Waals surface area contributed by atoms with Gasteiger partial charge in [-0.2, -0.15) is 0 Å². The number of nitro groups is 1. The van der Waals surface area contributed by atoms with Crippen LogP contribution >= 0.6 is 11.8 Å². The van der Waals surface area contributed by atoms with E-state index in [1.165, 1.54) is 66.4 Å². The van der Waals surface area contributed by atoms with Gasteiger partial charge < -0.3 is 4.57 Å². The molecule has 4 rings (SSSR count). The zero-order chi connectivity index (χ0) is 26.6. The van der Waals surface area contributed by atoms with Gasteiger partial charge in [-0.25, -0.2) is 13.4 Å². The van der Waals surface area contributed by atoms with Gasteiger partial charge in [0.25, 0.3) is 15.7 Å². The molecule has 0 spiro atoms. The molecule has 0 saturated heterocycles. The third kappa shape index (κ3) is 6.32. The van der Waals surface area contributed by atoms with E-state index in [-0.39, 0.29) is 16.4 Å². The molecule has 4 aromatic rings. The van der Waals surface area contributed by atoms with Gasteiger partial charge in [0.1, 0.15) is 0 Å². The van der Waals surface area contributed by atoms with Gasteiger partial charge in [-0.15, -0.1) is 0 Å². The summed E-state index contributed by atoms with van der Waals surface area (Å²) in [5.74, 6) is -0.331. The highest BCUT2D eigenvalue weighted by Gasteiger charge is 2.17. The van der Waals surface area contributed by atoms with Crippen molar-refractivity contribution in [2.75, 3.05) is 4.72 Å². The van der Waals surface area contributed by atoms with Gasteiger partial charge in [-0.3, -0.25) is 19.6 Å². The van der Waals surface area contributed by atoms with Crippen molar-refractivity contribution in [1.29, 1.82) is 0 Å². The standard InChI is InChI=1S/C26H22N4O5S2/c1-18-3-11-22(12-4-18)37(34,35)28-21-9-7-20(8-10-21)24(31)13-5-19-6-14-25(23(17-19)30(32)33)36-26-27-15-16-29(26)2/h3-17,28H,1-2H3. The summed E-state index contributed by atoms with van der Waals surface area (Å²) in [5.41, 5.74) is 2.01. The maximum atomic E-state index is 12.6. The fraction of sp³-hybridized carbons (Fsp3) is 0.0769. The number of ketones is 1. The molecule has 9 nitrogen and oxygen atoms in total. The number of nitrogens with one attached hydrogen (secondary N) is 1. The number of aromatic nitrogens is 2. The number of sulfonamides is 1. The summed E-state index contributed by atoms with van der Waals surface area (Å²) >= 11 is 1.18. The quantitative estimate of drug-likeness (QED) is 0.130. The molecule has 1 heterocycles. The first kappa shape index (κ1) is 25.9. The molecule has 0 bridgehead atoms. The van der Waals surface area contributed by atoms with Crippen molar-refractivity contribution in [2.45, 2.75) is 21.9 Å². The summed E-state index contributed by atoms with van der Waals surface area (Å²) in [6, 6.07) is 17.2. The van der Waals surface area contributed by atoms with E-state index in [0.29, 0.717) is 26.9 Å². The Morgan fingerprint density at radius 3 is 2.41 bits per heavy atom. The Morgan fingerprint density at radius 2 is 1.78 bits per heavy atom. The predicted molar refractivity (Wildman–Crippen MR) is 142 cm³/mol. The maximum absolute atomic E-state index is 12.6. The molecular formula is C26H22N4O5S2. The highest BCUT2D eigenvalue weighted by atomic mass is 32.2. The second-order valence-corrected chi connectivity index (χ2v) is 10.8. The Labute approximate surface area is 218 Å². The molecule has 11 heteroatoms. The van der Waals surface area contributed by atoms with Crippen LogP contribution in [0.25, 0.3) is 6.08 Å². The molecule has 0 atom stereocenters. The van der Waals surface area contributed by atoms with Crippen LogP contribution in [0.3, 0.4) is 0 Å². The van der Waals surface area contributed by atoms with Crippen molar-refractivity contribution in [3.8, 4) is 0 Å². The monoisotopic (exact) mass is 534 g/mol. The molecule has 0 amide bonds. The van der Waals surface area contributed by atoms with Crippen molar-refractivity contribution in [2.24, 2.45) is 7.05 Å². The Balaban J connectivity index is 1.46. The highest BCUT2D eigenvalue weighted by Crippen LogP contribution is 2.34. The Kier molecular flexibility index (Phi) is 7.55. The van der Waals surface area contributed by atoms with Crippen molar-refractivity contribution < 1.29 is 18.1 Å². The fourth-order valence-corrected chi connectivity index (χ4v) is 5.27. The number of hydrogen-bond acceptors (Lipinski definition) is 7. The summed E-state index contributed by atoms with van der Waals surface area (Å²) in [6.45, 7) is 1.87. The van der Waals surface area contributed by atoms with Crippen molar-refractivity contribution in [3.63, 3.8) is 0 Å². The lowest BCUT2D eigenvalue weighted by Crippen LogP contribution is -2.13. The summed E-state index contributed by atoms with van der Waals surface area (Å²) < 4.78 is 29.4. The van der Waals surface area contributed by atoms with E-state index >= 15 is 0 Å². The van der Waals surface area contributed by atoms with Crippen LogP contribution in [0.5, 0.6) is 0 Å². The molecule has 0 unspecified atom stereocenters. The fourth-order valence-electron chi connectivity index (χ4n) is 3.32. The summed E-state index contributed by atoms with van der Waals surface area (Å²) in [5, 5.41) is 12.2. The van der Waals surface area contributed by atoms with E-state index in [1.54, 1.807) is 48.3 Å². The van der Waals surface area contributed by atoms with Crippen molar-refractivity contribution in [1.82, 2.24) is 9.55 Å². The van der Waals surface area contributed by atoms with E-state index in [4.69, 9.17) is 0 Å². The molecule has 1 aromatic heterocycles. The molecule has 1 N–H and O–H groups in total. The van der Waals surface area contributed by atoms with Gasteiger partial charge in [-0.1, -0.05) is 29.8 Å². The van der Waals surface area contributed by atoms with Crippen LogP contribution < -0.4 is 4.72 Å². The van der Waals surface area contributed by atoms with Crippen LogP contribution in [0.4, 0.5) is 11.4 Å². The SMILES string of the molecule is Cc1ccc(S(=O)(=O)Nc2ccc(C(=O)C=Cc3ccc(Sc4nccn4C)c([N+](=O)[O-])c3)cc2)cc1. The number of carbonyl (C=O) groups excluding carboxylic acids is 1. The van der Waals surface area contributed by atoms with E-state index in [9.17, 15) is 23.3 Å². The van der Waals surface area contributed by atoms with E-state index in [1.807, 2.05) is 6.92 Å². The number of benzene rings is 3. The van der Waals surface area contributed by atoms with Crippen molar-refractivity contribution in [3.05, 3.63) is 112 Å². The molecule has 3 aromatic carbocycles. The van der Waals surface area contributed by atoms with E-state index in [0.717, 1.165) is 5.56 Å². The largest absolute Gasteiger partial charge is 0.329 e. The zero-order valence-corrected chi connectivity index (χ0v) is 21.5. The molecule has 0 fully saturated rings. The minimum atomic E-state index is -3.75. The topological polar surface area (TPSA) is 124 Å². The first-order valence-corrected chi connectivity index (χ1v) is 13.3. The first-order chi connectivity index (χ1) is 17.6. The van der Waals surface area contributed by atoms with Crippen LogP contribution in [0.1, 0.15) is 21.5 Å². The van der Waals surface area contributed by atoms with Gasteiger partial charge in [-0.05, 0) is 72.8 Å². The van der Waals surface area contributed by atoms with Crippen LogP contribution in [-0.4, -0.2) is 28.7 Å². The molecule has 0 saturated carbocycles. The number of nitrogens with zero attached hydrogens (tertiary/aromatic N) is 3. The molecule has 0 aliphatic heterocycles. The molecule has 0 aliphatic carbocycles. The van der Waals surface area contributed by atoms with Gasteiger partial charge in [0.15, 0.2) is 10.9 Å². The molecule has 188 valence electrons. The Hall–Kier alpha value is -4.22. The second-order valence-electron chi connectivity index (χ2n) is 8.10. The lowest BCUT2D eigenvalue weighted by molar-refractivity contribution is -0.387. The van der Waals surface area contributed by atoms with Crippen LogP contribution in [-0.2, 0) is 17.1 Å². The molecule has 0 radical (unpaired) electrons. The number of rotatable bonds is 9. The molecule has 37 heavy (non-hydrogen) atoms. The number of carbonyl (C=O) groups is 1. The van der Waals surface area contributed by atoms with E-state index < -0.39 is 14.9 Å².